The molecule has 3 rings (SSSR count). The van der Waals surface area contributed by atoms with E-state index in [2.05, 4.69) is 19.5 Å². The summed E-state index contributed by atoms with van der Waals surface area (Å²) in [4.78, 5) is 15.5. The van der Waals surface area contributed by atoms with E-state index in [1.165, 1.54) is 37.7 Å². The zero-order chi connectivity index (χ0) is 19.4. The third kappa shape index (κ3) is 4.21. The monoisotopic (exact) mass is 386 g/mol. The van der Waals surface area contributed by atoms with Crippen LogP contribution < -0.4 is 4.72 Å². The Morgan fingerprint density at radius 2 is 1.93 bits per heavy atom. The number of esters is 1. The van der Waals surface area contributed by atoms with Gasteiger partial charge in [0.2, 0.25) is 10.0 Å². The summed E-state index contributed by atoms with van der Waals surface area (Å²) in [6.07, 6.45) is 3.02. The second-order valence-corrected chi connectivity index (χ2v) is 7.51. The number of hydrogen-bond acceptors (Lipinski definition) is 6. The van der Waals surface area contributed by atoms with Gasteiger partial charge in [-0.2, -0.15) is 5.10 Å². The lowest BCUT2D eigenvalue weighted by Gasteiger charge is -2.15. The van der Waals surface area contributed by atoms with Crippen molar-refractivity contribution in [3.8, 4) is 5.69 Å². The van der Waals surface area contributed by atoms with E-state index < -0.39 is 22.0 Å². The van der Waals surface area contributed by atoms with Crippen LogP contribution in [0.5, 0.6) is 0 Å². The molecule has 0 bridgehead atoms. The van der Waals surface area contributed by atoms with Crippen molar-refractivity contribution in [2.75, 3.05) is 7.11 Å². The molecule has 0 amide bonds. The SMILES string of the molecule is COC(=O)c1cccc(S(=O)(=O)N[C@H](C)c2ccc(-n3cncn3)cc2)c1. The molecule has 0 spiro atoms. The molecule has 0 unspecified atom stereocenters. The fourth-order valence-corrected chi connectivity index (χ4v) is 3.81. The van der Waals surface area contributed by atoms with Crippen LogP contribution in [-0.2, 0) is 14.8 Å². The zero-order valence-electron chi connectivity index (χ0n) is 14.7. The van der Waals surface area contributed by atoms with Gasteiger partial charge in [-0.15, -0.1) is 0 Å². The quantitative estimate of drug-likeness (QED) is 0.651. The van der Waals surface area contributed by atoms with Crippen LogP contribution in [0.3, 0.4) is 0 Å². The van der Waals surface area contributed by atoms with Crippen molar-refractivity contribution in [3.63, 3.8) is 0 Å². The van der Waals surface area contributed by atoms with Gasteiger partial charge in [-0.3, -0.25) is 0 Å². The van der Waals surface area contributed by atoms with Gasteiger partial charge in [-0.05, 0) is 42.8 Å². The largest absolute Gasteiger partial charge is 0.465 e. The van der Waals surface area contributed by atoms with E-state index in [0.717, 1.165) is 11.3 Å². The number of benzene rings is 2. The molecule has 8 nitrogen and oxygen atoms in total. The van der Waals surface area contributed by atoms with Crippen LogP contribution in [0.2, 0.25) is 0 Å². The molecule has 0 radical (unpaired) electrons. The van der Waals surface area contributed by atoms with Crippen LogP contribution in [0.15, 0.2) is 66.1 Å². The highest BCUT2D eigenvalue weighted by Crippen LogP contribution is 2.19. The number of sulfonamides is 1. The molecule has 0 saturated heterocycles. The lowest BCUT2D eigenvalue weighted by molar-refractivity contribution is 0.0600. The van der Waals surface area contributed by atoms with Crippen LogP contribution >= 0.6 is 0 Å². The summed E-state index contributed by atoms with van der Waals surface area (Å²) >= 11 is 0. The molecule has 1 atom stereocenters. The summed E-state index contributed by atoms with van der Waals surface area (Å²) in [5.74, 6) is -0.594. The Kier molecular flexibility index (Phi) is 5.33. The molecule has 0 aliphatic heterocycles. The van der Waals surface area contributed by atoms with Crippen LogP contribution in [0.1, 0.15) is 28.9 Å². The third-order valence-electron chi connectivity index (χ3n) is 3.97. The lowest BCUT2D eigenvalue weighted by Crippen LogP contribution is -2.27. The standard InChI is InChI=1S/C18H18N4O4S/c1-13(14-6-8-16(9-7-14)22-12-19-11-20-22)21-27(24,25)17-5-3-4-15(10-17)18(23)26-2/h3-13,21H,1-2H3/t13-/m1/s1. The minimum absolute atomic E-state index is 0.00325. The first-order chi connectivity index (χ1) is 12.9. The average molecular weight is 386 g/mol. The summed E-state index contributed by atoms with van der Waals surface area (Å²) in [6, 6.07) is 12.5. The van der Waals surface area contributed by atoms with Crippen molar-refractivity contribution in [2.24, 2.45) is 0 Å². The van der Waals surface area contributed by atoms with Crippen molar-refractivity contribution in [1.29, 1.82) is 0 Å². The smallest absolute Gasteiger partial charge is 0.337 e. The number of nitrogens with one attached hydrogen (secondary N) is 1. The molecule has 0 fully saturated rings. The maximum absolute atomic E-state index is 12.6. The molecular formula is C18H18N4O4S. The number of ether oxygens (including phenoxy) is 1. The van der Waals surface area contributed by atoms with Crippen molar-refractivity contribution < 1.29 is 17.9 Å². The van der Waals surface area contributed by atoms with Gasteiger partial charge >= 0.3 is 5.97 Å². The molecule has 0 aliphatic carbocycles. The molecule has 0 saturated carbocycles. The molecule has 0 aliphatic rings. The first kappa shape index (κ1) is 18.7. The molecule has 2 aromatic carbocycles. The molecule has 3 aromatic rings. The second kappa shape index (κ2) is 7.68. The number of rotatable bonds is 6. The highest BCUT2D eigenvalue weighted by atomic mass is 32.2. The molecule has 1 aromatic heterocycles. The van der Waals surface area contributed by atoms with Crippen molar-refractivity contribution in [2.45, 2.75) is 17.9 Å². The van der Waals surface area contributed by atoms with Crippen LogP contribution in [0, 0.1) is 0 Å². The predicted octanol–water partition coefficient (Wildman–Crippen LogP) is 2.09. The lowest BCUT2D eigenvalue weighted by atomic mass is 10.1. The normalized spacial score (nSPS) is 12.5. The van der Waals surface area contributed by atoms with Crippen molar-refractivity contribution in [3.05, 3.63) is 72.3 Å². The van der Waals surface area contributed by atoms with Crippen LogP contribution in [0.25, 0.3) is 5.69 Å². The molecular weight excluding hydrogens is 368 g/mol. The predicted molar refractivity (Wildman–Crippen MR) is 97.9 cm³/mol. The minimum Gasteiger partial charge on any atom is -0.465 e. The van der Waals surface area contributed by atoms with Gasteiger partial charge in [0.25, 0.3) is 0 Å². The van der Waals surface area contributed by atoms with Gasteiger partial charge in [0.1, 0.15) is 12.7 Å². The van der Waals surface area contributed by atoms with Gasteiger partial charge in [-0.1, -0.05) is 18.2 Å². The number of methoxy groups -OCH3 is 1. The summed E-state index contributed by atoms with van der Waals surface area (Å²) in [7, 11) is -2.57. The fourth-order valence-electron chi connectivity index (χ4n) is 2.53. The minimum atomic E-state index is -3.81. The Labute approximate surface area is 156 Å². The van der Waals surface area contributed by atoms with Gasteiger partial charge in [-0.25, -0.2) is 27.6 Å². The van der Waals surface area contributed by atoms with Gasteiger partial charge < -0.3 is 4.74 Å². The summed E-state index contributed by atoms with van der Waals surface area (Å²) in [6.45, 7) is 1.74. The number of aromatic nitrogens is 3. The Morgan fingerprint density at radius 1 is 1.19 bits per heavy atom. The number of carbonyl (C=O) groups is 1. The topological polar surface area (TPSA) is 103 Å². The molecule has 1 heterocycles. The first-order valence-electron chi connectivity index (χ1n) is 8.06. The number of carbonyl (C=O) groups excluding carboxylic acids is 1. The Balaban J connectivity index is 1.78. The highest BCUT2D eigenvalue weighted by molar-refractivity contribution is 7.89. The van der Waals surface area contributed by atoms with E-state index in [1.807, 2.05) is 24.3 Å². The van der Waals surface area contributed by atoms with E-state index in [4.69, 9.17) is 0 Å². The van der Waals surface area contributed by atoms with E-state index in [-0.39, 0.29) is 10.5 Å². The molecule has 1 N–H and O–H groups in total. The maximum Gasteiger partial charge on any atom is 0.337 e. The number of hydrogen-bond donors (Lipinski definition) is 1. The van der Waals surface area contributed by atoms with Crippen molar-refractivity contribution in [1.82, 2.24) is 19.5 Å². The molecule has 140 valence electrons. The first-order valence-corrected chi connectivity index (χ1v) is 9.55. The fraction of sp³-hybridized carbons (Fsp3) is 0.167. The maximum atomic E-state index is 12.6. The Bertz CT molecular complexity index is 1030. The number of nitrogens with zero attached hydrogens (tertiary/aromatic N) is 3. The highest BCUT2D eigenvalue weighted by Gasteiger charge is 2.20. The summed E-state index contributed by atoms with van der Waals surface area (Å²) in [5, 5.41) is 4.05. The van der Waals surface area contributed by atoms with E-state index >= 15 is 0 Å². The van der Waals surface area contributed by atoms with Gasteiger partial charge in [0.15, 0.2) is 0 Å². The van der Waals surface area contributed by atoms with E-state index in [9.17, 15) is 13.2 Å². The van der Waals surface area contributed by atoms with E-state index in [0.29, 0.717) is 0 Å². The van der Waals surface area contributed by atoms with Gasteiger partial charge in [0, 0.05) is 6.04 Å². The van der Waals surface area contributed by atoms with Gasteiger partial charge in [0.05, 0.1) is 23.3 Å². The summed E-state index contributed by atoms with van der Waals surface area (Å²) in [5.41, 5.74) is 1.77. The third-order valence-corrected chi connectivity index (χ3v) is 5.51. The summed E-state index contributed by atoms with van der Waals surface area (Å²) < 4.78 is 34.1. The average Bonchev–Trinajstić information content (AvgIpc) is 3.22. The molecule has 9 heteroatoms. The van der Waals surface area contributed by atoms with Crippen molar-refractivity contribution >= 4 is 16.0 Å². The second-order valence-electron chi connectivity index (χ2n) is 5.79. The Morgan fingerprint density at radius 3 is 2.56 bits per heavy atom. The van der Waals surface area contributed by atoms with Crippen LogP contribution in [0.4, 0.5) is 0 Å². The zero-order valence-corrected chi connectivity index (χ0v) is 15.6. The van der Waals surface area contributed by atoms with Crippen LogP contribution in [-0.4, -0.2) is 36.3 Å². The Hall–Kier alpha value is -3.04. The molecule has 27 heavy (non-hydrogen) atoms. The van der Waals surface area contributed by atoms with E-state index in [1.54, 1.807) is 17.9 Å².